The Bertz CT molecular complexity index is 939. The lowest BCUT2D eigenvalue weighted by atomic mass is 10.2. The van der Waals surface area contributed by atoms with E-state index in [9.17, 15) is 4.79 Å². The molecule has 0 aliphatic carbocycles. The van der Waals surface area contributed by atoms with Crippen LogP contribution in [-0.2, 0) is 4.79 Å². The van der Waals surface area contributed by atoms with Crippen LogP contribution in [0.3, 0.4) is 0 Å². The summed E-state index contributed by atoms with van der Waals surface area (Å²) < 4.78 is 13.1. The van der Waals surface area contributed by atoms with Crippen LogP contribution in [0.2, 0.25) is 0 Å². The van der Waals surface area contributed by atoms with Crippen LogP contribution in [0, 0.1) is 0 Å². The van der Waals surface area contributed by atoms with E-state index in [2.05, 4.69) is 15.5 Å². The Morgan fingerprint density at radius 2 is 2.14 bits per heavy atom. The van der Waals surface area contributed by atoms with Crippen LogP contribution < -0.4 is 14.9 Å². The van der Waals surface area contributed by atoms with Crippen molar-refractivity contribution in [2.75, 3.05) is 19.5 Å². The van der Waals surface area contributed by atoms with Crippen LogP contribution in [0.25, 0.3) is 10.2 Å². The topological polar surface area (TPSA) is 72.8 Å². The molecular formula is C20H21N3O3S2. The molecular weight excluding hydrogens is 394 g/mol. The van der Waals surface area contributed by atoms with E-state index >= 15 is 0 Å². The van der Waals surface area contributed by atoms with Gasteiger partial charge < -0.3 is 9.47 Å². The zero-order valence-corrected chi connectivity index (χ0v) is 17.3. The summed E-state index contributed by atoms with van der Waals surface area (Å²) in [7, 11) is 1.59. The Kier molecular flexibility index (Phi) is 7.27. The van der Waals surface area contributed by atoms with Crippen LogP contribution >= 0.6 is 23.1 Å². The second kappa shape index (κ2) is 10.1. The van der Waals surface area contributed by atoms with Crippen LogP contribution in [-0.4, -0.2) is 36.6 Å². The van der Waals surface area contributed by atoms with Crippen LogP contribution in [0.1, 0.15) is 18.9 Å². The van der Waals surface area contributed by atoms with Gasteiger partial charge in [0.05, 0.1) is 35.9 Å². The molecule has 0 radical (unpaired) electrons. The highest BCUT2D eigenvalue weighted by Crippen LogP contribution is 2.30. The summed E-state index contributed by atoms with van der Waals surface area (Å²) in [6, 6.07) is 13.5. The summed E-state index contributed by atoms with van der Waals surface area (Å²) in [5.74, 6) is 1.30. The molecule has 0 aliphatic heterocycles. The highest BCUT2D eigenvalue weighted by atomic mass is 32.2. The Morgan fingerprint density at radius 3 is 2.93 bits per heavy atom. The molecule has 0 saturated heterocycles. The highest BCUT2D eigenvalue weighted by Gasteiger charge is 2.10. The average molecular weight is 416 g/mol. The average Bonchev–Trinajstić information content (AvgIpc) is 3.14. The minimum Gasteiger partial charge on any atom is -0.493 e. The normalized spacial score (nSPS) is 11.1. The first kappa shape index (κ1) is 20.2. The number of rotatable bonds is 9. The van der Waals surface area contributed by atoms with Gasteiger partial charge in [0.15, 0.2) is 15.8 Å². The Morgan fingerprint density at radius 1 is 1.29 bits per heavy atom. The van der Waals surface area contributed by atoms with Gasteiger partial charge in [-0.15, -0.1) is 11.3 Å². The molecule has 1 amide bonds. The Hall–Kier alpha value is -2.58. The molecule has 28 heavy (non-hydrogen) atoms. The van der Waals surface area contributed by atoms with Gasteiger partial charge in [0.2, 0.25) is 0 Å². The van der Waals surface area contributed by atoms with E-state index < -0.39 is 0 Å². The first-order valence-corrected chi connectivity index (χ1v) is 10.6. The number of para-hydroxylation sites is 2. The van der Waals surface area contributed by atoms with Gasteiger partial charge in [-0.25, -0.2) is 10.4 Å². The zero-order valence-electron chi connectivity index (χ0n) is 15.7. The molecule has 0 spiro atoms. The molecule has 8 heteroatoms. The van der Waals surface area contributed by atoms with Crippen molar-refractivity contribution >= 4 is 45.4 Å². The molecule has 0 unspecified atom stereocenters. The summed E-state index contributed by atoms with van der Waals surface area (Å²) in [6.45, 7) is 2.61. The van der Waals surface area contributed by atoms with Gasteiger partial charge >= 0.3 is 0 Å². The molecule has 0 fully saturated rings. The standard InChI is InChI=1S/C20H21N3O3S2/c1-3-11-26-19-14(7-6-9-16(19)25-2)12-21-23-18(24)13-27-20-22-15-8-4-5-10-17(15)28-20/h4-10,12H,3,11,13H2,1-2H3,(H,23,24)/b21-12-. The predicted octanol–water partition coefficient (Wildman–Crippen LogP) is 4.34. The van der Waals surface area contributed by atoms with Gasteiger partial charge in [-0.1, -0.05) is 36.9 Å². The first-order chi connectivity index (χ1) is 13.7. The third kappa shape index (κ3) is 5.24. The number of hydrogen-bond acceptors (Lipinski definition) is 7. The third-order valence-electron chi connectivity index (χ3n) is 3.67. The summed E-state index contributed by atoms with van der Waals surface area (Å²) in [6.07, 6.45) is 2.45. The fourth-order valence-electron chi connectivity index (χ4n) is 2.40. The molecule has 0 saturated carbocycles. The van der Waals surface area contributed by atoms with Crippen molar-refractivity contribution < 1.29 is 14.3 Å². The maximum Gasteiger partial charge on any atom is 0.250 e. The van der Waals surface area contributed by atoms with Gasteiger partial charge in [-0.05, 0) is 30.7 Å². The van der Waals surface area contributed by atoms with E-state index in [-0.39, 0.29) is 11.7 Å². The predicted molar refractivity (Wildman–Crippen MR) is 115 cm³/mol. The van der Waals surface area contributed by atoms with Gasteiger partial charge in [0.1, 0.15) is 0 Å². The number of methoxy groups -OCH3 is 1. The van der Waals surface area contributed by atoms with E-state index in [1.54, 1.807) is 24.7 Å². The monoisotopic (exact) mass is 415 g/mol. The smallest absolute Gasteiger partial charge is 0.250 e. The summed E-state index contributed by atoms with van der Waals surface area (Å²) in [5, 5.41) is 4.05. The van der Waals surface area contributed by atoms with E-state index in [4.69, 9.17) is 9.47 Å². The molecule has 1 N–H and O–H groups in total. The number of fused-ring (bicyclic) bond motifs is 1. The molecule has 0 bridgehead atoms. The number of carbonyl (C=O) groups excluding carboxylic acids is 1. The van der Waals surface area contributed by atoms with E-state index in [1.807, 2.05) is 49.4 Å². The number of thiazole rings is 1. The lowest BCUT2D eigenvalue weighted by Gasteiger charge is -2.12. The van der Waals surface area contributed by atoms with Crippen molar-refractivity contribution in [1.29, 1.82) is 0 Å². The number of benzene rings is 2. The lowest BCUT2D eigenvalue weighted by Crippen LogP contribution is -2.19. The number of hydrazone groups is 1. The first-order valence-electron chi connectivity index (χ1n) is 8.81. The van der Waals surface area contributed by atoms with Gasteiger partial charge in [-0.2, -0.15) is 5.10 Å². The maximum atomic E-state index is 12.1. The van der Waals surface area contributed by atoms with E-state index in [0.29, 0.717) is 18.1 Å². The fraction of sp³-hybridized carbons (Fsp3) is 0.250. The number of amides is 1. The maximum absolute atomic E-state index is 12.1. The highest BCUT2D eigenvalue weighted by molar-refractivity contribution is 8.01. The molecule has 3 rings (SSSR count). The van der Waals surface area contributed by atoms with Gasteiger partial charge in [-0.3, -0.25) is 4.79 Å². The van der Waals surface area contributed by atoms with Crippen molar-refractivity contribution in [3.63, 3.8) is 0 Å². The second-order valence-corrected chi connectivity index (χ2v) is 8.01. The van der Waals surface area contributed by atoms with E-state index in [0.717, 1.165) is 26.5 Å². The minimum atomic E-state index is -0.195. The molecule has 1 heterocycles. The molecule has 6 nitrogen and oxygen atoms in total. The van der Waals surface area contributed by atoms with Crippen LogP contribution in [0.5, 0.6) is 11.5 Å². The van der Waals surface area contributed by atoms with Crippen molar-refractivity contribution in [1.82, 2.24) is 10.4 Å². The summed E-state index contributed by atoms with van der Waals surface area (Å²) in [4.78, 5) is 16.6. The molecule has 3 aromatic rings. The van der Waals surface area contributed by atoms with Gasteiger partial charge in [0.25, 0.3) is 5.91 Å². The largest absolute Gasteiger partial charge is 0.493 e. The number of thioether (sulfide) groups is 1. The van der Waals surface area contributed by atoms with Crippen molar-refractivity contribution in [2.45, 2.75) is 17.7 Å². The number of aromatic nitrogens is 1. The molecule has 2 aromatic carbocycles. The fourth-order valence-corrected chi connectivity index (χ4v) is 4.26. The quantitative estimate of drug-likeness (QED) is 0.320. The van der Waals surface area contributed by atoms with Crippen LogP contribution in [0.4, 0.5) is 0 Å². The third-order valence-corrected chi connectivity index (χ3v) is 5.85. The summed E-state index contributed by atoms with van der Waals surface area (Å²) >= 11 is 2.97. The molecule has 0 aliphatic rings. The molecule has 0 atom stereocenters. The lowest BCUT2D eigenvalue weighted by molar-refractivity contribution is -0.118. The Balaban J connectivity index is 1.57. The molecule has 1 aromatic heterocycles. The van der Waals surface area contributed by atoms with Crippen molar-refractivity contribution in [3.05, 3.63) is 48.0 Å². The zero-order chi connectivity index (χ0) is 19.8. The number of nitrogens with one attached hydrogen (secondary N) is 1. The SMILES string of the molecule is CCCOc1c(/C=N\NC(=O)CSc2nc3ccccc3s2)cccc1OC. The van der Waals surface area contributed by atoms with Crippen LogP contribution in [0.15, 0.2) is 51.9 Å². The Labute approximate surface area is 172 Å². The minimum absolute atomic E-state index is 0.195. The van der Waals surface area contributed by atoms with Gasteiger partial charge in [0, 0.05) is 5.56 Å². The number of nitrogens with zero attached hydrogens (tertiary/aromatic N) is 2. The second-order valence-electron chi connectivity index (χ2n) is 5.76. The number of carbonyl (C=O) groups is 1. The van der Waals surface area contributed by atoms with Crippen molar-refractivity contribution in [2.24, 2.45) is 5.10 Å². The number of ether oxygens (including phenoxy) is 2. The van der Waals surface area contributed by atoms with Crippen molar-refractivity contribution in [3.8, 4) is 11.5 Å². The number of hydrogen-bond donors (Lipinski definition) is 1. The summed E-state index contributed by atoms with van der Waals surface area (Å²) in [5.41, 5.74) is 4.24. The van der Waals surface area contributed by atoms with E-state index in [1.165, 1.54) is 11.8 Å². The molecule has 146 valence electrons.